The summed E-state index contributed by atoms with van der Waals surface area (Å²) in [6.07, 6.45) is 3.09. The summed E-state index contributed by atoms with van der Waals surface area (Å²) < 4.78 is 7.03. The van der Waals surface area contributed by atoms with Gasteiger partial charge in [-0.25, -0.2) is 4.68 Å². The predicted octanol–water partition coefficient (Wildman–Crippen LogP) is 2.13. The van der Waals surface area contributed by atoms with Crippen molar-refractivity contribution in [3.05, 3.63) is 35.7 Å². The average Bonchev–Trinajstić information content (AvgIpc) is 3.30. The van der Waals surface area contributed by atoms with Crippen LogP contribution in [0.2, 0.25) is 0 Å². The summed E-state index contributed by atoms with van der Waals surface area (Å²) in [6.45, 7) is 5.22. The van der Waals surface area contributed by atoms with E-state index in [0.29, 0.717) is 18.9 Å². The summed E-state index contributed by atoms with van der Waals surface area (Å²) in [7, 11) is 0. The Morgan fingerprint density at radius 3 is 2.74 bits per heavy atom. The summed E-state index contributed by atoms with van der Waals surface area (Å²) in [4.78, 5) is 26.4. The Balaban J connectivity index is 1.56. The summed E-state index contributed by atoms with van der Waals surface area (Å²) in [5, 5.41) is 11.5. The fraction of sp³-hybridized carbons (Fsp3) is 0.526. The first-order chi connectivity index (χ1) is 13.1. The first kappa shape index (κ1) is 19.0. The van der Waals surface area contributed by atoms with Crippen LogP contribution < -0.4 is 4.90 Å². The fourth-order valence-corrected chi connectivity index (χ4v) is 3.09. The molecule has 1 saturated heterocycles. The van der Waals surface area contributed by atoms with Crippen LogP contribution in [0.15, 0.2) is 24.3 Å². The Morgan fingerprint density at radius 1 is 1.26 bits per heavy atom. The van der Waals surface area contributed by atoms with Crippen LogP contribution in [0.1, 0.15) is 44.5 Å². The molecule has 2 aromatic rings. The van der Waals surface area contributed by atoms with E-state index in [2.05, 4.69) is 29.4 Å². The van der Waals surface area contributed by atoms with Gasteiger partial charge in [-0.1, -0.05) is 32.4 Å². The maximum atomic E-state index is 12.4. The van der Waals surface area contributed by atoms with Crippen LogP contribution in [0.25, 0.3) is 0 Å². The van der Waals surface area contributed by atoms with E-state index < -0.39 is 5.92 Å². The lowest BCUT2D eigenvalue weighted by atomic mass is 10.1. The van der Waals surface area contributed by atoms with E-state index in [4.69, 9.17) is 4.74 Å². The third-order valence-corrected chi connectivity index (χ3v) is 4.79. The number of nitrogens with zero attached hydrogens (tertiary/aromatic N) is 5. The minimum absolute atomic E-state index is 0.0193. The predicted molar refractivity (Wildman–Crippen MR) is 98.8 cm³/mol. The number of aromatic nitrogens is 4. The van der Waals surface area contributed by atoms with Gasteiger partial charge in [-0.05, 0) is 41.0 Å². The monoisotopic (exact) mass is 371 g/mol. The molecule has 1 aliphatic rings. The Bertz CT molecular complexity index is 787. The van der Waals surface area contributed by atoms with Crippen molar-refractivity contribution in [2.24, 2.45) is 5.92 Å². The number of esters is 1. The standard InChI is InChI=1S/C19H25N5O3/c1-3-5-10-24-17(20-21-22-24)13-27-19(26)15-11-18(25)23(12-15)16-8-6-14(4-2)7-9-16/h6-9,15H,3-5,10-13H2,1-2H3. The highest BCUT2D eigenvalue weighted by Gasteiger charge is 2.36. The molecule has 3 rings (SSSR count). The Kier molecular flexibility index (Phi) is 6.16. The zero-order chi connectivity index (χ0) is 19.2. The maximum Gasteiger partial charge on any atom is 0.311 e. The smallest absolute Gasteiger partial charge is 0.311 e. The molecule has 1 amide bonds. The first-order valence-corrected chi connectivity index (χ1v) is 9.43. The number of benzene rings is 1. The van der Waals surface area contributed by atoms with E-state index >= 15 is 0 Å². The highest BCUT2D eigenvalue weighted by molar-refractivity contribution is 5.99. The van der Waals surface area contributed by atoms with Gasteiger partial charge in [0.15, 0.2) is 12.4 Å². The lowest BCUT2D eigenvalue weighted by molar-refractivity contribution is -0.150. The molecule has 1 aromatic carbocycles. The van der Waals surface area contributed by atoms with Crippen molar-refractivity contribution >= 4 is 17.6 Å². The minimum atomic E-state index is -0.469. The molecule has 2 heterocycles. The van der Waals surface area contributed by atoms with Crippen LogP contribution in [0, 0.1) is 5.92 Å². The van der Waals surface area contributed by atoms with E-state index in [1.807, 2.05) is 24.3 Å². The van der Waals surface area contributed by atoms with Gasteiger partial charge in [0, 0.05) is 25.2 Å². The van der Waals surface area contributed by atoms with Crippen LogP contribution in [-0.4, -0.2) is 38.6 Å². The van der Waals surface area contributed by atoms with E-state index in [0.717, 1.165) is 24.9 Å². The zero-order valence-electron chi connectivity index (χ0n) is 15.8. The van der Waals surface area contributed by atoms with Crippen LogP contribution in [0.4, 0.5) is 5.69 Å². The lowest BCUT2D eigenvalue weighted by Crippen LogP contribution is -2.26. The van der Waals surface area contributed by atoms with Crippen LogP contribution in [0.5, 0.6) is 0 Å². The van der Waals surface area contributed by atoms with E-state index in [9.17, 15) is 9.59 Å². The number of amides is 1. The molecule has 1 aliphatic heterocycles. The number of ether oxygens (including phenoxy) is 1. The van der Waals surface area contributed by atoms with Gasteiger partial charge in [-0.2, -0.15) is 0 Å². The van der Waals surface area contributed by atoms with Crippen LogP contribution in [0.3, 0.4) is 0 Å². The third-order valence-electron chi connectivity index (χ3n) is 4.79. The van der Waals surface area contributed by atoms with Gasteiger partial charge in [0.25, 0.3) is 0 Å². The van der Waals surface area contributed by atoms with Crippen molar-refractivity contribution in [2.75, 3.05) is 11.4 Å². The molecule has 0 bridgehead atoms. The van der Waals surface area contributed by atoms with Crippen molar-refractivity contribution in [3.8, 4) is 0 Å². The molecule has 27 heavy (non-hydrogen) atoms. The molecule has 1 aromatic heterocycles. The topological polar surface area (TPSA) is 90.2 Å². The van der Waals surface area contributed by atoms with Crippen molar-refractivity contribution < 1.29 is 14.3 Å². The lowest BCUT2D eigenvalue weighted by Gasteiger charge is -2.17. The second-order valence-electron chi connectivity index (χ2n) is 6.70. The number of carbonyl (C=O) groups excluding carboxylic acids is 2. The largest absolute Gasteiger partial charge is 0.457 e. The van der Waals surface area contributed by atoms with Crippen molar-refractivity contribution in [1.29, 1.82) is 0 Å². The minimum Gasteiger partial charge on any atom is -0.457 e. The summed E-state index contributed by atoms with van der Waals surface area (Å²) in [5.74, 6) is -0.397. The van der Waals surface area contributed by atoms with Crippen LogP contribution in [-0.2, 0) is 33.9 Å². The van der Waals surface area contributed by atoms with Gasteiger partial charge in [-0.15, -0.1) is 5.10 Å². The highest BCUT2D eigenvalue weighted by atomic mass is 16.5. The van der Waals surface area contributed by atoms with Gasteiger partial charge in [0.05, 0.1) is 5.92 Å². The number of hydrogen-bond acceptors (Lipinski definition) is 6. The molecule has 1 atom stereocenters. The Morgan fingerprint density at radius 2 is 2.04 bits per heavy atom. The summed E-state index contributed by atoms with van der Waals surface area (Å²) >= 11 is 0. The highest BCUT2D eigenvalue weighted by Crippen LogP contribution is 2.26. The molecular formula is C19H25N5O3. The van der Waals surface area contributed by atoms with Gasteiger partial charge in [0.2, 0.25) is 5.91 Å². The van der Waals surface area contributed by atoms with Crippen molar-refractivity contribution in [3.63, 3.8) is 0 Å². The molecule has 0 spiro atoms. The van der Waals surface area contributed by atoms with Crippen LogP contribution >= 0.6 is 0 Å². The molecule has 0 saturated carbocycles. The molecular weight excluding hydrogens is 346 g/mol. The van der Waals surface area contributed by atoms with E-state index in [1.165, 1.54) is 5.56 Å². The molecule has 0 aliphatic carbocycles. The Labute approximate surface area is 158 Å². The zero-order valence-corrected chi connectivity index (χ0v) is 15.8. The van der Waals surface area contributed by atoms with Crippen molar-refractivity contribution in [1.82, 2.24) is 20.2 Å². The number of carbonyl (C=O) groups is 2. The second kappa shape index (κ2) is 8.75. The number of rotatable bonds is 8. The number of tetrazole rings is 1. The molecule has 0 N–H and O–H groups in total. The van der Waals surface area contributed by atoms with Gasteiger partial charge >= 0.3 is 5.97 Å². The maximum absolute atomic E-state index is 12.4. The second-order valence-corrected chi connectivity index (χ2v) is 6.70. The van der Waals surface area contributed by atoms with E-state index in [1.54, 1.807) is 9.58 Å². The van der Waals surface area contributed by atoms with Crippen molar-refractivity contribution in [2.45, 2.75) is 52.7 Å². The number of hydrogen-bond donors (Lipinski definition) is 0. The molecule has 144 valence electrons. The van der Waals surface area contributed by atoms with E-state index in [-0.39, 0.29) is 24.9 Å². The Hall–Kier alpha value is -2.77. The molecule has 8 heteroatoms. The third kappa shape index (κ3) is 4.50. The fourth-order valence-electron chi connectivity index (χ4n) is 3.09. The quantitative estimate of drug-likeness (QED) is 0.660. The molecule has 1 fully saturated rings. The first-order valence-electron chi connectivity index (χ1n) is 9.43. The molecule has 0 radical (unpaired) electrons. The molecule has 1 unspecified atom stereocenters. The van der Waals surface area contributed by atoms with Gasteiger partial charge in [0.1, 0.15) is 0 Å². The summed E-state index contributed by atoms with van der Waals surface area (Å²) in [6, 6.07) is 7.85. The molecule has 8 nitrogen and oxygen atoms in total. The van der Waals surface area contributed by atoms with Gasteiger partial charge < -0.3 is 9.64 Å². The summed E-state index contributed by atoms with van der Waals surface area (Å²) in [5.41, 5.74) is 2.03. The number of anilines is 1. The number of unbranched alkanes of at least 4 members (excludes halogenated alkanes) is 1. The van der Waals surface area contributed by atoms with Gasteiger partial charge in [-0.3, -0.25) is 9.59 Å². The SMILES string of the molecule is CCCCn1nnnc1COC(=O)C1CC(=O)N(c2ccc(CC)cc2)C1. The average molecular weight is 371 g/mol. The number of aryl methyl sites for hydroxylation is 2. The normalized spacial score (nSPS) is 16.7.